The highest BCUT2D eigenvalue weighted by Gasteiger charge is 2.56. The van der Waals surface area contributed by atoms with Crippen LogP contribution in [0.3, 0.4) is 0 Å². The molecule has 5 heteroatoms. The van der Waals surface area contributed by atoms with E-state index in [2.05, 4.69) is 0 Å². The normalized spacial score (nSPS) is 21.1. The van der Waals surface area contributed by atoms with E-state index in [0.29, 0.717) is 15.6 Å². The van der Waals surface area contributed by atoms with Gasteiger partial charge in [0.1, 0.15) is 11.5 Å². The minimum absolute atomic E-state index is 0.173. The largest absolute Gasteiger partial charge is 0.458 e. The number of carbonyl (C=O) groups excluding carboxylic acids is 2. The van der Waals surface area contributed by atoms with Crippen LogP contribution in [0.15, 0.2) is 36.4 Å². The van der Waals surface area contributed by atoms with Gasteiger partial charge in [0, 0.05) is 10.0 Å². The lowest BCUT2D eigenvalue weighted by atomic mass is 9.66. The zero-order chi connectivity index (χ0) is 20.1. The van der Waals surface area contributed by atoms with Crippen LogP contribution >= 0.6 is 23.2 Å². The van der Waals surface area contributed by atoms with Gasteiger partial charge in [-0.15, -0.1) is 0 Å². The Morgan fingerprint density at radius 1 is 0.926 bits per heavy atom. The number of esters is 1. The van der Waals surface area contributed by atoms with Crippen molar-refractivity contribution in [3.05, 3.63) is 57.6 Å². The molecule has 2 aromatic carbocycles. The predicted octanol–water partition coefficient (Wildman–Crippen LogP) is 5.98. The van der Waals surface area contributed by atoms with E-state index in [4.69, 9.17) is 27.9 Å². The molecule has 0 radical (unpaired) electrons. The van der Waals surface area contributed by atoms with Gasteiger partial charge in [-0.3, -0.25) is 9.59 Å². The summed E-state index contributed by atoms with van der Waals surface area (Å²) in [6.45, 7) is 8.99. The molecule has 1 saturated heterocycles. The highest BCUT2D eigenvalue weighted by molar-refractivity contribution is 6.33. The minimum Gasteiger partial charge on any atom is -0.458 e. The monoisotopic (exact) mass is 404 g/mol. The molecule has 0 N–H and O–H groups in total. The Labute approximate surface area is 169 Å². The molecule has 1 fully saturated rings. The summed E-state index contributed by atoms with van der Waals surface area (Å²) >= 11 is 12.5. The van der Waals surface area contributed by atoms with E-state index in [0.717, 1.165) is 16.7 Å². The lowest BCUT2D eigenvalue weighted by Crippen LogP contribution is -2.56. The average Bonchev–Trinajstić information content (AvgIpc) is 2.56. The van der Waals surface area contributed by atoms with E-state index in [-0.39, 0.29) is 5.78 Å². The molecule has 27 heavy (non-hydrogen) atoms. The van der Waals surface area contributed by atoms with Gasteiger partial charge in [0.25, 0.3) is 0 Å². The van der Waals surface area contributed by atoms with Crippen LogP contribution < -0.4 is 0 Å². The summed E-state index contributed by atoms with van der Waals surface area (Å²) in [4.78, 5) is 25.9. The molecular weight excluding hydrogens is 383 g/mol. The maximum atomic E-state index is 13.2. The highest BCUT2D eigenvalue weighted by atomic mass is 35.5. The van der Waals surface area contributed by atoms with Gasteiger partial charge in [-0.25, -0.2) is 0 Å². The molecular formula is C22H22Cl2O3. The third-order valence-corrected chi connectivity index (χ3v) is 6.34. The molecule has 0 amide bonds. The van der Waals surface area contributed by atoms with Crippen LogP contribution in [0.25, 0.3) is 11.1 Å². The average molecular weight is 405 g/mol. The Morgan fingerprint density at radius 3 is 2.07 bits per heavy atom. The van der Waals surface area contributed by atoms with E-state index < -0.39 is 22.9 Å². The molecule has 2 aromatic rings. The number of rotatable bonds is 2. The van der Waals surface area contributed by atoms with E-state index >= 15 is 0 Å². The first-order chi connectivity index (χ1) is 12.5. The number of Topliss-reactive ketones (excluding diaryl/α,β-unsaturated/α-hetero) is 1. The number of benzene rings is 2. The van der Waals surface area contributed by atoms with Gasteiger partial charge in [-0.1, -0.05) is 41.4 Å². The van der Waals surface area contributed by atoms with Crippen molar-refractivity contribution in [1.82, 2.24) is 0 Å². The fourth-order valence-electron chi connectivity index (χ4n) is 3.38. The Bertz CT molecular complexity index is 904. The molecule has 0 aromatic heterocycles. The second kappa shape index (κ2) is 6.65. The Morgan fingerprint density at radius 2 is 1.52 bits per heavy atom. The first kappa shape index (κ1) is 19.9. The van der Waals surface area contributed by atoms with Crippen LogP contribution in [0, 0.1) is 12.3 Å². The molecule has 1 heterocycles. The lowest BCUT2D eigenvalue weighted by Gasteiger charge is -2.46. The van der Waals surface area contributed by atoms with Crippen molar-refractivity contribution >= 4 is 35.0 Å². The molecule has 0 saturated carbocycles. The van der Waals surface area contributed by atoms with Crippen LogP contribution in [-0.2, 0) is 14.3 Å². The maximum absolute atomic E-state index is 13.2. The summed E-state index contributed by atoms with van der Waals surface area (Å²) in [6.07, 6.45) is 0. The van der Waals surface area contributed by atoms with E-state index in [1.165, 1.54) is 0 Å². The Balaban J connectivity index is 2.09. The molecule has 3 rings (SSSR count). The second-order valence-corrected chi connectivity index (χ2v) is 8.89. The fourth-order valence-corrected chi connectivity index (χ4v) is 3.88. The molecule has 1 aliphatic heterocycles. The van der Waals surface area contributed by atoms with Crippen molar-refractivity contribution in [2.45, 2.75) is 46.1 Å². The molecule has 0 aliphatic carbocycles. The molecule has 142 valence electrons. The summed E-state index contributed by atoms with van der Waals surface area (Å²) in [5.74, 6) is -1.73. The molecule has 0 bridgehead atoms. The third kappa shape index (κ3) is 3.28. The Kier molecular flexibility index (Phi) is 4.90. The number of ether oxygens (including phenoxy) is 1. The SMILES string of the molecule is Cc1cc(-c2ccc(Cl)cc2)cc(Cl)c1C1C(=O)OC(C)(C)C(C)(C)C1=O. The van der Waals surface area contributed by atoms with Gasteiger partial charge in [0.05, 0.1) is 5.41 Å². The highest BCUT2D eigenvalue weighted by Crippen LogP contribution is 2.47. The van der Waals surface area contributed by atoms with Gasteiger partial charge in [-0.2, -0.15) is 0 Å². The van der Waals surface area contributed by atoms with Crippen molar-refractivity contribution in [1.29, 1.82) is 0 Å². The zero-order valence-corrected chi connectivity index (χ0v) is 17.5. The summed E-state index contributed by atoms with van der Waals surface area (Å²) < 4.78 is 5.63. The van der Waals surface area contributed by atoms with E-state index in [1.54, 1.807) is 45.9 Å². The second-order valence-electron chi connectivity index (χ2n) is 8.05. The van der Waals surface area contributed by atoms with E-state index in [1.807, 2.05) is 25.1 Å². The van der Waals surface area contributed by atoms with E-state index in [9.17, 15) is 9.59 Å². The Hall–Kier alpha value is -1.84. The number of hydrogen-bond donors (Lipinski definition) is 0. The van der Waals surface area contributed by atoms with Crippen molar-refractivity contribution < 1.29 is 14.3 Å². The molecule has 1 aliphatic rings. The van der Waals surface area contributed by atoms with Crippen LogP contribution in [0.1, 0.15) is 44.7 Å². The van der Waals surface area contributed by atoms with Crippen LogP contribution in [0.2, 0.25) is 10.0 Å². The standard InChI is InChI=1S/C22H22Cl2O3/c1-12-10-14(13-6-8-15(23)9-7-13)11-16(24)17(12)18-19(25)21(2,3)22(4,5)27-20(18)26/h6-11,18H,1-5H3. The number of aryl methyl sites for hydroxylation is 1. The maximum Gasteiger partial charge on any atom is 0.321 e. The van der Waals surface area contributed by atoms with Crippen molar-refractivity contribution in [2.75, 3.05) is 0 Å². The summed E-state index contributed by atoms with van der Waals surface area (Å²) in [7, 11) is 0. The summed E-state index contributed by atoms with van der Waals surface area (Å²) in [6, 6.07) is 11.1. The number of hydrogen-bond acceptors (Lipinski definition) is 3. The topological polar surface area (TPSA) is 43.4 Å². The number of cyclic esters (lactones) is 1. The summed E-state index contributed by atoms with van der Waals surface area (Å²) in [5.41, 5.74) is 1.45. The number of ketones is 1. The summed E-state index contributed by atoms with van der Waals surface area (Å²) in [5, 5.41) is 1.03. The fraction of sp³-hybridized carbons (Fsp3) is 0.364. The molecule has 3 nitrogen and oxygen atoms in total. The van der Waals surface area contributed by atoms with Gasteiger partial charge in [-0.05, 0) is 75.1 Å². The van der Waals surface area contributed by atoms with Gasteiger partial charge in [0.15, 0.2) is 5.78 Å². The van der Waals surface area contributed by atoms with Gasteiger partial charge >= 0.3 is 5.97 Å². The number of carbonyl (C=O) groups is 2. The minimum atomic E-state index is -1.01. The van der Waals surface area contributed by atoms with Crippen LogP contribution in [0.4, 0.5) is 0 Å². The molecule has 1 atom stereocenters. The predicted molar refractivity (Wildman–Crippen MR) is 108 cm³/mol. The van der Waals surface area contributed by atoms with Crippen LogP contribution in [0.5, 0.6) is 0 Å². The zero-order valence-electron chi connectivity index (χ0n) is 16.0. The molecule has 0 spiro atoms. The quantitative estimate of drug-likeness (QED) is 0.456. The van der Waals surface area contributed by atoms with Crippen molar-refractivity contribution in [3.8, 4) is 11.1 Å². The first-order valence-corrected chi connectivity index (χ1v) is 9.54. The smallest absolute Gasteiger partial charge is 0.321 e. The van der Waals surface area contributed by atoms with Gasteiger partial charge in [0.2, 0.25) is 0 Å². The van der Waals surface area contributed by atoms with Crippen LogP contribution in [-0.4, -0.2) is 17.4 Å². The van der Waals surface area contributed by atoms with Crippen molar-refractivity contribution in [2.24, 2.45) is 5.41 Å². The molecule has 1 unspecified atom stereocenters. The number of halogens is 2. The third-order valence-electron chi connectivity index (χ3n) is 5.78. The first-order valence-electron chi connectivity index (χ1n) is 8.79. The lowest BCUT2D eigenvalue weighted by molar-refractivity contribution is -0.187. The van der Waals surface area contributed by atoms with Crippen molar-refractivity contribution in [3.63, 3.8) is 0 Å². The van der Waals surface area contributed by atoms with Gasteiger partial charge < -0.3 is 4.74 Å².